The molecule has 3 amide bonds. The zero-order valence-electron chi connectivity index (χ0n) is 10.1. The molecule has 0 radical (unpaired) electrons. The Hall–Kier alpha value is -2.35. The summed E-state index contributed by atoms with van der Waals surface area (Å²) >= 11 is 0.852. The van der Waals surface area contributed by atoms with Crippen LogP contribution in [0.25, 0.3) is 0 Å². The van der Waals surface area contributed by atoms with Crippen molar-refractivity contribution in [3.05, 3.63) is 29.8 Å². The number of imide groups is 1. The van der Waals surface area contributed by atoms with E-state index in [0.717, 1.165) is 16.7 Å². The molecule has 7 nitrogen and oxygen atoms in total. The molecule has 1 aliphatic rings. The number of carboxylic acids is 1. The first-order chi connectivity index (χ1) is 9.47. The largest absolute Gasteiger partial charge is 0.545 e. The van der Waals surface area contributed by atoms with E-state index in [4.69, 9.17) is 0 Å². The van der Waals surface area contributed by atoms with Crippen molar-refractivity contribution in [3.63, 3.8) is 0 Å². The first kappa shape index (κ1) is 14.1. The van der Waals surface area contributed by atoms with Crippen LogP contribution >= 0.6 is 11.8 Å². The highest BCUT2D eigenvalue weighted by Gasteiger charge is 2.31. The number of amides is 3. The second-order valence-electron chi connectivity index (χ2n) is 3.95. The van der Waals surface area contributed by atoms with Crippen molar-refractivity contribution in [2.45, 2.75) is 0 Å². The number of thioether (sulfide) groups is 1. The lowest BCUT2D eigenvalue weighted by molar-refractivity contribution is -0.255. The van der Waals surface area contributed by atoms with Gasteiger partial charge in [-0.2, -0.15) is 0 Å². The Morgan fingerprint density at radius 3 is 2.40 bits per heavy atom. The van der Waals surface area contributed by atoms with Gasteiger partial charge in [0.05, 0.1) is 11.7 Å². The monoisotopic (exact) mass is 293 g/mol. The Morgan fingerprint density at radius 1 is 1.25 bits per heavy atom. The highest BCUT2D eigenvalue weighted by molar-refractivity contribution is 8.14. The lowest BCUT2D eigenvalue weighted by Crippen LogP contribution is -2.36. The molecular weight excluding hydrogens is 284 g/mol. The average Bonchev–Trinajstić information content (AvgIpc) is 2.71. The highest BCUT2D eigenvalue weighted by Crippen LogP contribution is 2.18. The van der Waals surface area contributed by atoms with Crippen molar-refractivity contribution >= 4 is 40.5 Å². The van der Waals surface area contributed by atoms with Gasteiger partial charge in [0, 0.05) is 5.69 Å². The van der Waals surface area contributed by atoms with Gasteiger partial charge in [-0.15, -0.1) is 0 Å². The van der Waals surface area contributed by atoms with Gasteiger partial charge in [-0.1, -0.05) is 23.9 Å². The van der Waals surface area contributed by atoms with E-state index in [0.29, 0.717) is 5.69 Å². The molecule has 0 spiro atoms. The van der Waals surface area contributed by atoms with Crippen molar-refractivity contribution in [1.29, 1.82) is 0 Å². The van der Waals surface area contributed by atoms with E-state index < -0.39 is 23.0 Å². The summed E-state index contributed by atoms with van der Waals surface area (Å²) < 4.78 is 0. The molecule has 1 saturated heterocycles. The highest BCUT2D eigenvalue weighted by atomic mass is 32.2. The lowest BCUT2D eigenvalue weighted by Gasteiger charge is -2.12. The fraction of sp³-hybridized carbons (Fsp3) is 0.167. The van der Waals surface area contributed by atoms with E-state index in [2.05, 4.69) is 5.32 Å². The van der Waals surface area contributed by atoms with Gasteiger partial charge in [-0.25, -0.2) is 0 Å². The van der Waals surface area contributed by atoms with Crippen LogP contribution in [0.5, 0.6) is 0 Å². The minimum absolute atomic E-state index is 0.00991. The molecule has 0 bridgehead atoms. The molecule has 0 saturated carbocycles. The summed E-state index contributed by atoms with van der Waals surface area (Å²) in [7, 11) is 0. The molecule has 1 aliphatic heterocycles. The number of carboxylic acid groups (broad SMARTS) is 1. The molecule has 0 aromatic heterocycles. The minimum Gasteiger partial charge on any atom is -0.545 e. The van der Waals surface area contributed by atoms with Gasteiger partial charge in [-0.3, -0.25) is 19.3 Å². The molecule has 1 N–H and O–H groups in total. The third-order valence-corrected chi connectivity index (χ3v) is 3.41. The van der Waals surface area contributed by atoms with Crippen LogP contribution < -0.4 is 10.4 Å². The third-order valence-electron chi connectivity index (χ3n) is 2.55. The molecule has 0 atom stereocenters. The first-order valence-electron chi connectivity index (χ1n) is 5.56. The Bertz CT molecular complexity index is 568. The van der Waals surface area contributed by atoms with Crippen molar-refractivity contribution in [1.82, 2.24) is 4.90 Å². The number of aromatic carboxylic acids is 1. The van der Waals surface area contributed by atoms with Gasteiger partial charge in [0.1, 0.15) is 6.54 Å². The number of nitrogens with one attached hydrogen (secondary N) is 1. The molecule has 0 aliphatic carbocycles. The van der Waals surface area contributed by atoms with Crippen LogP contribution in [0, 0.1) is 0 Å². The maximum absolute atomic E-state index is 11.7. The quantitative estimate of drug-likeness (QED) is 0.815. The molecular formula is C12H9N2O5S-. The number of carbonyl (C=O) groups is 4. The van der Waals surface area contributed by atoms with Gasteiger partial charge in [0.15, 0.2) is 0 Å². The SMILES string of the molecule is O=C(CN1C(=O)CSC1=O)Nc1ccc(C(=O)[O-])cc1. The Labute approximate surface area is 117 Å². The van der Waals surface area contributed by atoms with Gasteiger partial charge < -0.3 is 15.2 Å². The normalized spacial score (nSPS) is 14.5. The van der Waals surface area contributed by atoms with Crippen molar-refractivity contribution < 1.29 is 24.3 Å². The standard InChI is InChI=1S/C12H10N2O5S/c15-9(5-14-10(16)6-20-12(14)19)13-8-3-1-7(2-4-8)11(17)18/h1-4H,5-6H2,(H,13,15)(H,17,18)/p-1. The van der Waals surface area contributed by atoms with E-state index in [1.165, 1.54) is 24.3 Å². The van der Waals surface area contributed by atoms with Crippen LogP contribution in [0.1, 0.15) is 10.4 Å². The summed E-state index contributed by atoms with van der Waals surface area (Å²) in [6.45, 7) is -0.354. The summed E-state index contributed by atoms with van der Waals surface area (Å²) in [5, 5.41) is 12.6. The van der Waals surface area contributed by atoms with Crippen LogP contribution in [0.4, 0.5) is 10.5 Å². The van der Waals surface area contributed by atoms with Crippen LogP contribution in [0.15, 0.2) is 24.3 Å². The topological polar surface area (TPSA) is 107 Å². The number of rotatable bonds is 4. The lowest BCUT2D eigenvalue weighted by atomic mass is 10.2. The van der Waals surface area contributed by atoms with Crippen molar-refractivity contribution in [3.8, 4) is 0 Å². The minimum atomic E-state index is -1.31. The average molecular weight is 293 g/mol. The number of benzene rings is 1. The van der Waals surface area contributed by atoms with Crippen molar-refractivity contribution in [2.75, 3.05) is 17.6 Å². The predicted molar refractivity (Wildman–Crippen MR) is 69.0 cm³/mol. The Morgan fingerprint density at radius 2 is 1.90 bits per heavy atom. The first-order valence-corrected chi connectivity index (χ1v) is 6.54. The van der Waals surface area contributed by atoms with E-state index in [9.17, 15) is 24.3 Å². The van der Waals surface area contributed by atoms with E-state index in [-0.39, 0.29) is 17.9 Å². The summed E-state index contributed by atoms with van der Waals surface area (Å²) in [4.78, 5) is 45.7. The number of hydrogen-bond donors (Lipinski definition) is 1. The van der Waals surface area contributed by atoms with E-state index in [1.807, 2.05) is 0 Å². The molecule has 1 aromatic rings. The van der Waals surface area contributed by atoms with Gasteiger partial charge in [0.2, 0.25) is 11.8 Å². The number of anilines is 1. The summed E-state index contributed by atoms with van der Waals surface area (Å²) in [6.07, 6.45) is 0. The van der Waals surface area contributed by atoms with E-state index >= 15 is 0 Å². The van der Waals surface area contributed by atoms with Crippen LogP contribution in [-0.2, 0) is 9.59 Å². The molecule has 2 rings (SSSR count). The van der Waals surface area contributed by atoms with Gasteiger partial charge in [0.25, 0.3) is 5.24 Å². The van der Waals surface area contributed by atoms with Gasteiger partial charge in [-0.05, 0) is 17.7 Å². The molecule has 1 aromatic carbocycles. The summed E-state index contributed by atoms with van der Waals surface area (Å²) in [5.74, 6) is -2.20. The van der Waals surface area contributed by atoms with E-state index in [1.54, 1.807) is 0 Å². The smallest absolute Gasteiger partial charge is 0.289 e. The van der Waals surface area contributed by atoms with Crippen LogP contribution in [-0.4, -0.2) is 40.2 Å². The number of carbonyl (C=O) groups excluding carboxylic acids is 4. The molecule has 104 valence electrons. The third kappa shape index (κ3) is 3.15. The molecule has 1 fully saturated rings. The Kier molecular flexibility index (Phi) is 4.04. The predicted octanol–water partition coefficient (Wildman–Crippen LogP) is -0.316. The maximum atomic E-state index is 11.7. The Balaban J connectivity index is 1.96. The number of hydrogen-bond acceptors (Lipinski definition) is 6. The summed E-state index contributed by atoms with van der Waals surface area (Å²) in [5.41, 5.74) is 0.357. The van der Waals surface area contributed by atoms with Crippen LogP contribution in [0.3, 0.4) is 0 Å². The molecule has 0 unspecified atom stereocenters. The van der Waals surface area contributed by atoms with Crippen LogP contribution in [0.2, 0.25) is 0 Å². The molecule has 8 heteroatoms. The van der Waals surface area contributed by atoms with Crippen molar-refractivity contribution in [2.24, 2.45) is 0 Å². The zero-order chi connectivity index (χ0) is 14.7. The summed E-state index contributed by atoms with van der Waals surface area (Å²) in [6, 6.07) is 5.36. The molecule has 20 heavy (non-hydrogen) atoms. The maximum Gasteiger partial charge on any atom is 0.289 e. The van der Waals surface area contributed by atoms with Gasteiger partial charge >= 0.3 is 0 Å². The number of nitrogens with zero attached hydrogens (tertiary/aromatic N) is 1. The molecule has 1 heterocycles. The fourth-order valence-corrected chi connectivity index (χ4v) is 2.29. The second kappa shape index (κ2) is 5.74. The fourth-order valence-electron chi connectivity index (χ4n) is 1.57. The zero-order valence-corrected chi connectivity index (χ0v) is 10.9. The second-order valence-corrected chi connectivity index (χ2v) is 4.87.